The van der Waals surface area contributed by atoms with Gasteiger partial charge in [-0.2, -0.15) is 0 Å². The lowest BCUT2D eigenvalue weighted by Crippen LogP contribution is -2.50. The summed E-state index contributed by atoms with van der Waals surface area (Å²) in [5.74, 6) is 0.591. The van der Waals surface area contributed by atoms with Crippen LogP contribution in [0.5, 0.6) is 0 Å². The molecule has 1 saturated carbocycles. The maximum absolute atomic E-state index is 12.7. The van der Waals surface area contributed by atoms with Gasteiger partial charge in [0.25, 0.3) is 0 Å². The fourth-order valence-electron chi connectivity index (χ4n) is 3.98. The van der Waals surface area contributed by atoms with E-state index in [1.165, 1.54) is 0 Å². The molecule has 2 unspecified atom stereocenters. The summed E-state index contributed by atoms with van der Waals surface area (Å²) in [5, 5.41) is 6.33. The molecule has 0 bridgehead atoms. The molecule has 0 aromatic heterocycles. The summed E-state index contributed by atoms with van der Waals surface area (Å²) >= 11 is 0. The number of piperidine rings is 2. The topological polar surface area (TPSA) is 61.4 Å². The number of halogens is 1. The molecular weight excluding hydrogens is 290 g/mol. The summed E-state index contributed by atoms with van der Waals surface area (Å²) in [6.07, 6.45) is 5.36. The van der Waals surface area contributed by atoms with Crippen LogP contribution in [0, 0.1) is 11.3 Å². The lowest BCUT2D eigenvalue weighted by Gasteiger charge is -2.34. The summed E-state index contributed by atoms with van der Waals surface area (Å²) in [4.78, 5) is 25.8. The molecule has 0 radical (unpaired) electrons. The van der Waals surface area contributed by atoms with E-state index in [9.17, 15) is 9.59 Å². The van der Waals surface area contributed by atoms with Crippen molar-refractivity contribution in [2.75, 3.05) is 26.2 Å². The van der Waals surface area contributed by atoms with Crippen LogP contribution in [0.4, 0.5) is 0 Å². The summed E-state index contributed by atoms with van der Waals surface area (Å²) < 4.78 is 0. The second-order valence-electron chi connectivity index (χ2n) is 6.69. The van der Waals surface area contributed by atoms with Gasteiger partial charge in [-0.3, -0.25) is 9.59 Å². The highest BCUT2D eigenvalue weighted by Gasteiger charge is 2.58. The van der Waals surface area contributed by atoms with Crippen molar-refractivity contribution in [3.05, 3.63) is 0 Å². The second-order valence-corrected chi connectivity index (χ2v) is 6.69. The third-order valence-electron chi connectivity index (χ3n) is 5.23. The number of carbonyl (C=O) groups is 2. The van der Waals surface area contributed by atoms with E-state index in [-0.39, 0.29) is 30.3 Å². The quantitative estimate of drug-likeness (QED) is 0.797. The van der Waals surface area contributed by atoms with E-state index in [1.807, 2.05) is 4.90 Å². The third-order valence-corrected chi connectivity index (χ3v) is 5.23. The Labute approximate surface area is 132 Å². The van der Waals surface area contributed by atoms with Crippen LogP contribution in [-0.2, 0) is 9.59 Å². The molecule has 2 heterocycles. The molecule has 2 amide bonds. The Morgan fingerprint density at radius 1 is 1.29 bits per heavy atom. The van der Waals surface area contributed by atoms with Crippen LogP contribution < -0.4 is 10.6 Å². The molecular formula is C15H26ClN3O2. The van der Waals surface area contributed by atoms with Crippen LogP contribution >= 0.6 is 12.4 Å². The van der Waals surface area contributed by atoms with Gasteiger partial charge in [-0.25, -0.2) is 0 Å². The number of rotatable bonds is 2. The average Bonchev–Trinajstić information content (AvgIpc) is 3.11. The Morgan fingerprint density at radius 3 is 2.67 bits per heavy atom. The minimum absolute atomic E-state index is 0. The van der Waals surface area contributed by atoms with Crippen molar-refractivity contribution in [1.29, 1.82) is 0 Å². The van der Waals surface area contributed by atoms with Crippen molar-refractivity contribution in [1.82, 2.24) is 15.5 Å². The minimum atomic E-state index is 0. The first-order chi connectivity index (χ1) is 9.61. The number of likely N-dealkylation sites (tertiary alicyclic amines) is 1. The van der Waals surface area contributed by atoms with Crippen molar-refractivity contribution in [2.45, 2.75) is 45.1 Å². The minimum Gasteiger partial charge on any atom is -0.352 e. The third kappa shape index (κ3) is 3.51. The van der Waals surface area contributed by atoms with Crippen molar-refractivity contribution in [3.63, 3.8) is 0 Å². The molecule has 0 aromatic carbocycles. The van der Waals surface area contributed by atoms with Crippen LogP contribution in [0.2, 0.25) is 0 Å². The highest BCUT2D eigenvalue weighted by molar-refractivity contribution is 5.85. The number of carbonyl (C=O) groups excluding carboxylic acids is 2. The van der Waals surface area contributed by atoms with Gasteiger partial charge in [0.1, 0.15) is 0 Å². The van der Waals surface area contributed by atoms with Crippen LogP contribution in [0.15, 0.2) is 0 Å². The second kappa shape index (κ2) is 6.53. The molecule has 0 aromatic rings. The zero-order chi connectivity index (χ0) is 14.2. The SMILES string of the molecule is CC(=O)NC1CCCN(C(=O)C2CC23CCNCC3)C1.Cl. The van der Waals surface area contributed by atoms with Gasteiger partial charge < -0.3 is 15.5 Å². The molecule has 120 valence electrons. The van der Waals surface area contributed by atoms with E-state index in [4.69, 9.17) is 0 Å². The van der Waals surface area contributed by atoms with Crippen LogP contribution in [-0.4, -0.2) is 48.9 Å². The van der Waals surface area contributed by atoms with Gasteiger partial charge in [0, 0.05) is 32.0 Å². The molecule has 21 heavy (non-hydrogen) atoms. The van der Waals surface area contributed by atoms with Crippen LogP contribution in [0.1, 0.15) is 39.0 Å². The van der Waals surface area contributed by atoms with E-state index in [1.54, 1.807) is 6.92 Å². The van der Waals surface area contributed by atoms with Crippen molar-refractivity contribution < 1.29 is 9.59 Å². The highest BCUT2D eigenvalue weighted by atomic mass is 35.5. The predicted molar refractivity (Wildman–Crippen MR) is 83.3 cm³/mol. The molecule has 5 nitrogen and oxygen atoms in total. The van der Waals surface area contributed by atoms with Crippen molar-refractivity contribution in [3.8, 4) is 0 Å². The largest absolute Gasteiger partial charge is 0.352 e. The molecule has 1 aliphatic carbocycles. The molecule has 2 N–H and O–H groups in total. The van der Waals surface area contributed by atoms with Gasteiger partial charge in [-0.15, -0.1) is 12.4 Å². The lowest BCUT2D eigenvalue weighted by atomic mass is 9.91. The van der Waals surface area contributed by atoms with Gasteiger partial charge in [0.05, 0.1) is 0 Å². The molecule has 6 heteroatoms. The Kier molecular flexibility index (Phi) is 5.15. The summed E-state index contributed by atoms with van der Waals surface area (Å²) in [7, 11) is 0. The first kappa shape index (κ1) is 16.6. The number of amides is 2. The van der Waals surface area contributed by atoms with Gasteiger partial charge in [0.2, 0.25) is 11.8 Å². The molecule has 2 atom stereocenters. The Balaban J connectivity index is 0.00000161. The maximum atomic E-state index is 12.7. The monoisotopic (exact) mass is 315 g/mol. The Bertz CT molecular complexity index is 410. The van der Waals surface area contributed by atoms with Gasteiger partial charge >= 0.3 is 0 Å². The zero-order valence-electron chi connectivity index (χ0n) is 12.7. The zero-order valence-corrected chi connectivity index (χ0v) is 13.5. The number of hydrogen-bond acceptors (Lipinski definition) is 3. The summed E-state index contributed by atoms with van der Waals surface area (Å²) in [6.45, 7) is 5.21. The van der Waals surface area contributed by atoms with Gasteiger partial charge in [-0.05, 0) is 50.6 Å². The Hall–Kier alpha value is -0.810. The standard InChI is InChI=1S/C15H25N3O2.ClH/c1-11(19)17-12-3-2-8-18(10-12)14(20)13-9-15(13)4-6-16-7-5-15;/h12-13,16H,2-10H2,1H3,(H,17,19);1H. The van der Waals surface area contributed by atoms with E-state index >= 15 is 0 Å². The van der Waals surface area contributed by atoms with Crippen molar-refractivity contribution in [2.24, 2.45) is 11.3 Å². The molecule has 3 fully saturated rings. The average molecular weight is 316 g/mol. The summed E-state index contributed by atoms with van der Waals surface area (Å²) in [5.41, 5.74) is 0.309. The normalized spacial score (nSPS) is 30.4. The smallest absolute Gasteiger partial charge is 0.226 e. The first-order valence-corrected chi connectivity index (χ1v) is 7.87. The maximum Gasteiger partial charge on any atom is 0.226 e. The van der Waals surface area contributed by atoms with E-state index in [0.29, 0.717) is 17.9 Å². The molecule has 3 rings (SSSR count). The molecule has 1 spiro atoms. The summed E-state index contributed by atoms with van der Waals surface area (Å²) in [6, 6.07) is 0.146. The van der Waals surface area contributed by atoms with Crippen molar-refractivity contribution >= 4 is 24.2 Å². The number of nitrogens with zero attached hydrogens (tertiary/aromatic N) is 1. The lowest BCUT2D eigenvalue weighted by molar-refractivity contribution is -0.135. The van der Waals surface area contributed by atoms with Crippen LogP contribution in [0.25, 0.3) is 0 Å². The van der Waals surface area contributed by atoms with E-state index in [0.717, 1.165) is 51.7 Å². The fraction of sp³-hybridized carbons (Fsp3) is 0.867. The highest BCUT2D eigenvalue weighted by Crippen LogP contribution is 2.59. The fourth-order valence-corrected chi connectivity index (χ4v) is 3.98. The molecule has 2 saturated heterocycles. The van der Waals surface area contributed by atoms with E-state index < -0.39 is 0 Å². The van der Waals surface area contributed by atoms with Crippen LogP contribution in [0.3, 0.4) is 0 Å². The number of hydrogen-bond donors (Lipinski definition) is 2. The van der Waals surface area contributed by atoms with Gasteiger partial charge in [-0.1, -0.05) is 0 Å². The van der Waals surface area contributed by atoms with E-state index in [2.05, 4.69) is 10.6 Å². The predicted octanol–water partition coefficient (Wildman–Crippen LogP) is 0.925. The number of nitrogens with one attached hydrogen (secondary N) is 2. The van der Waals surface area contributed by atoms with Gasteiger partial charge in [0.15, 0.2) is 0 Å². The molecule has 2 aliphatic heterocycles. The first-order valence-electron chi connectivity index (χ1n) is 7.87. The molecule has 3 aliphatic rings. The Morgan fingerprint density at radius 2 is 2.00 bits per heavy atom.